The molecule has 1 fully saturated rings. The molecule has 3 N–H and O–H groups in total. The number of nitrogens with zero attached hydrogens (tertiary/aromatic N) is 3. The van der Waals surface area contributed by atoms with Crippen LogP contribution in [0.2, 0.25) is 0 Å². The molecule has 0 saturated carbocycles. The molecular formula is C18H19N3O8. The van der Waals surface area contributed by atoms with Crippen molar-refractivity contribution >= 4 is 11.0 Å². The highest BCUT2D eigenvalue weighted by molar-refractivity contribution is 5.81. The van der Waals surface area contributed by atoms with E-state index in [9.17, 15) is 24.9 Å². The number of aliphatic hydroxyl groups excluding tert-OH is 3. The van der Waals surface area contributed by atoms with Gasteiger partial charge in [0.2, 0.25) is 0 Å². The van der Waals surface area contributed by atoms with E-state index < -0.39 is 42.4 Å². The van der Waals surface area contributed by atoms with Gasteiger partial charge < -0.3 is 29.3 Å². The molecule has 4 atom stereocenters. The van der Waals surface area contributed by atoms with E-state index in [-0.39, 0.29) is 6.54 Å². The van der Waals surface area contributed by atoms with Crippen molar-refractivity contribution in [2.24, 2.45) is 0 Å². The molecule has 3 heterocycles. The summed E-state index contributed by atoms with van der Waals surface area (Å²) in [5, 5.41) is 33.9. The van der Waals surface area contributed by atoms with Crippen LogP contribution in [-0.4, -0.2) is 61.6 Å². The number of hydrogen-bond donors (Lipinski definition) is 3. The summed E-state index contributed by atoms with van der Waals surface area (Å²) in [6, 6.07) is 6.18. The molecule has 1 saturated heterocycles. The van der Waals surface area contributed by atoms with Gasteiger partial charge in [0, 0.05) is 12.3 Å². The number of aliphatic hydroxyl groups is 3. The highest BCUT2D eigenvalue weighted by Crippen LogP contribution is 2.28. The van der Waals surface area contributed by atoms with E-state index in [1.807, 2.05) is 0 Å². The Bertz CT molecular complexity index is 1150. The van der Waals surface area contributed by atoms with Crippen molar-refractivity contribution in [3.8, 4) is 5.75 Å². The molecule has 0 spiro atoms. The summed E-state index contributed by atoms with van der Waals surface area (Å²) in [4.78, 5) is 25.2. The van der Waals surface area contributed by atoms with E-state index in [0.717, 1.165) is 15.2 Å². The zero-order chi connectivity index (χ0) is 20.7. The van der Waals surface area contributed by atoms with Crippen LogP contribution in [0.25, 0.3) is 11.0 Å². The summed E-state index contributed by atoms with van der Waals surface area (Å²) in [6.45, 7) is -0.719. The molecule has 1 aromatic carbocycles. The van der Waals surface area contributed by atoms with E-state index in [1.54, 1.807) is 18.2 Å². The Morgan fingerprint density at radius 1 is 1.21 bits per heavy atom. The number of rotatable bonds is 5. The van der Waals surface area contributed by atoms with Gasteiger partial charge in [0.25, 0.3) is 5.56 Å². The lowest BCUT2D eigenvalue weighted by atomic mass is 10.1. The minimum absolute atomic E-state index is 0.187. The maximum Gasteiger partial charge on any atom is 0.333 e. The fourth-order valence-electron chi connectivity index (χ4n) is 3.34. The zero-order valence-corrected chi connectivity index (χ0v) is 15.3. The van der Waals surface area contributed by atoms with Gasteiger partial charge in [-0.1, -0.05) is 5.16 Å². The van der Waals surface area contributed by atoms with Gasteiger partial charge >= 0.3 is 5.69 Å². The third kappa shape index (κ3) is 3.23. The van der Waals surface area contributed by atoms with Crippen molar-refractivity contribution in [1.29, 1.82) is 0 Å². The maximum absolute atomic E-state index is 12.9. The van der Waals surface area contributed by atoms with Crippen molar-refractivity contribution in [3.05, 3.63) is 57.0 Å². The van der Waals surface area contributed by atoms with Crippen LogP contribution in [0.5, 0.6) is 5.75 Å². The van der Waals surface area contributed by atoms with Crippen molar-refractivity contribution < 1.29 is 29.3 Å². The van der Waals surface area contributed by atoms with E-state index in [0.29, 0.717) is 22.4 Å². The van der Waals surface area contributed by atoms with Crippen molar-refractivity contribution in [2.45, 2.75) is 31.1 Å². The second-order valence-electron chi connectivity index (χ2n) is 6.65. The predicted octanol–water partition coefficient (Wildman–Crippen LogP) is -1.18. The number of hydrogen-bond acceptors (Lipinski definition) is 9. The van der Waals surface area contributed by atoms with E-state index in [1.165, 1.54) is 13.3 Å². The SMILES string of the molecule is COc1ccc2onc(Cn3c(=O)ccn([C@@H]4O[C@H](CO)C(O)[C@@H]4O)c3=O)c2c1. The number of aromatic nitrogens is 3. The van der Waals surface area contributed by atoms with Gasteiger partial charge in [-0.05, 0) is 18.2 Å². The van der Waals surface area contributed by atoms with Crippen LogP contribution >= 0.6 is 0 Å². The topological polar surface area (TPSA) is 149 Å². The Morgan fingerprint density at radius 2 is 2.00 bits per heavy atom. The normalized spacial score (nSPS) is 24.3. The molecule has 29 heavy (non-hydrogen) atoms. The van der Waals surface area contributed by atoms with Crippen LogP contribution in [0.15, 0.2) is 44.6 Å². The summed E-state index contributed by atoms with van der Waals surface area (Å²) in [7, 11) is 1.51. The molecule has 0 aliphatic carbocycles. The van der Waals surface area contributed by atoms with Crippen LogP contribution in [0.3, 0.4) is 0 Å². The Kier molecular flexibility index (Phi) is 4.96. The minimum Gasteiger partial charge on any atom is -0.497 e. The quantitative estimate of drug-likeness (QED) is 0.477. The lowest BCUT2D eigenvalue weighted by molar-refractivity contribution is -0.0555. The van der Waals surface area contributed by atoms with E-state index in [2.05, 4.69) is 5.16 Å². The van der Waals surface area contributed by atoms with E-state index >= 15 is 0 Å². The Labute approximate surface area is 162 Å². The summed E-state index contributed by atoms with van der Waals surface area (Å²) in [6.07, 6.45) is -3.95. The van der Waals surface area contributed by atoms with Gasteiger partial charge in [-0.3, -0.25) is 13.9 Å². The average molecular weight is 405 g/mol. The van der Waals surface area contributed by atoms with Crippen molar-refractivity contribution in [2.75, 3.05) is 13.7 Å². The van der Waals surface area contributed by atoms with Gasteiger partial charge in [-0.25, -0.2) is 4.79 Å². The van der Waals surface area contributed by atoms with Crippen LogP contribution < -0.4 is 16.0 Å². The smallest absolute Gasteiger partial charge is 0.333 e. The fraction of sp³-hybridized carbons (Fsp3) is 0.389. The Morgan fingerprint density at radius 3 is 2.69 bits per heavy atom. The highest BCUT2D eigenvalue weighted by atomic mass is 16.6. The number of ether oxygens (including phenoxy) is 2. The standard InChI is InChI=1S/C18H19N3O8/c1-27-9-2-3-12-10(6-9)11(19-29-12)7-21-14(23)4-5-20(18(21)26)17-16(25)15(24)13(8-22)28-17/h2-6,13,15-17,22,24-25H,7-8H2,1H3/t13-,15?,16+,17-/m1/s1. The average Bonchev–Trinajstić information content (AvgIpc) is 3.26. The van der Waals surface area contributed by atoms with Gasteiger partial charge in [-0.2, -0.15) is 0 Å². The van der Waals surface area contributed by atoms with Crippen LogP contribution in [0.4, 0.5) is 0 Å². The first-order valence-electron chi connectivity index (χ1n) is 8.81. The molecule has 1 aliphatic rings. The van der Waals surface area contributed by atoms with Crippen molar-refractivity contribution in [1.82, 2.24) is 14.3 Å². The predicted molar refractivity (Wildman–Crippen MR) is 97.6 cm³/mol. The summed E-state index contributed by atoms with van der Waals surface area (Å²) in [5.41, 5.74) is -0.547. The molecule has 0 bridgehead atoms. The number of benzene rings is 1. The van der Waals surface area contributed by atoms with E-state index in [4.69, 9.17) is 14.0 Å². The van der Waals surface area contributed by atoms with Crippen LogP contribution in [0.1, 0.15) is 11.9 Å². The first-order valence-corrected chi connectivity index (χ1v) is 8.81. The second-order valence-corrected chi connectivity index (χ2v) is 6.65. The maximum atomic E-state index is 12.9. The molecule has 4 rings (SSSR count). The first-order chi connectivity index (χ1) is 13.9. The first kappa shape index (κ1) is 19.3. The summed E-state index contributed by atoms with van der Waals surface area (Å²) < 4.78 is 17.7. The fourth-order valence-corrected chi connectivity index (χ4v) is 3.34. The monoisotopic (exact) mass is 405 g/mol. The lowest BCUT2D eigenvalue weighted by Gasteiger charge is -2.18. The third-order valence-corrected chi connectivity index (χ3v) is 4.95. The largest absolute Gasteiger partial charge is 0.497 e. The lowest BCUT2D eigenvalue weighted by Crippen LogP contribution is -2.43. The third-order valence-electron chi connectivity index (χ3n) is 4.95. The molecule has 2 aromatic heterocycles. The van der Waals surface area contributed by atoms with Crippen LogP contribution in [0, 0.1) is 0 Å². The van der Waals surface area contributed by atoms with Crippen molar-refractivity contribution in [3.63, 3.8) is 0 Å². The highest BCUT2D eigenvalue weighted by Gasteiger charge is 2.43. The summed E-state index contributed by atoms with van der Waals surface area (Å²) >= 11 is 0. The van der Waals surface area contributed by atoms with Gasteiger partial charge in [0.1, 0.15) is 29.8 Å². The minimum atomic E-state index is -1.45. The second kappa shape index (κ2) is 7.44. The Hall–Kier alpha value is -2.99. The number of methoxy groups -OCH3 is 1. The molecule has 11 heteroatoms. The molecule has 0 radical (unpaired) electrons. The van der Waals surface area contributed by atoms with Gasteiger partial charge in [-0.15, -0.1) is 0 Å². The molecule has 0 amide bonds. The van der Waals surface area contributed by atoms with Crippen LogP contribution in [-0.2, 0) is 11.3 Å². The molecule has 3 aromatic rings. The number of fused-ring (bicyclic) bond motifs is 1. The molecule has 1 unspecified atom stereocenters. The molecular weight excluding hydrogens is 386 g/mol. The van der Waals surface area contributed by atoms with Gasteiger partial charge in [0.05, 0.1) is 25.6 Å². The molecule has 154 valence electrons. The molecule has 11 nitrogen and oxygen atoms in total. The van der Waals surface area contributed by atoms with Gasteiger partial charge in [0.15, 0.2) is 11.8 Å². The zero-order valence-electron chi connectivity index (χ0n) is 15.3. The molecule has 1 aliphatic heterocycles. The Balaban J connectivity index is 1.74. The summed E-state index contributed by atoms with van der Waals surface area (Å²) in [5.74, 6) is 0.561.